The Morgan fingerprint density at radius 1 is 1.47 bits per heavy atom. The van der Waals surface area contributed by atoms with E-state index in [4.69, 9.17) is 10.00 Å². The molecule has 0 aromatic carbocycles. The minimum absolute atomic E-state index is 0.0501. The molecular weight excluding hydrogens is 408 g/mol. The minimum atomic E-state index is -0.549. The van der Waals surface area contributed by atoms with E-state index in [2.05, 4.69) is 21.8 Å². The zero-order valence-electron chi connectivity index (χ0n) is 18.2. The van der Waals surface area contributed by atoms with Crippen molar-refractivity contribution in [1.82, 2.24) is 15.2 Å². The van der Waals surface area contributed by atoms with Gasteiger partial charge in [0.05, 0.1) is 17.2 Å². The molecule has 1 fully saturated rings. The van der Waals surface area contributed by atoms with Crippen LogP contribution in [-0.4, -0.2) is 65.3 Å². The number of hydrogen-bond donors (Lipinski definition) is 2. The summed E-state index contributed by atoms with van der Waals surface area (Å²) in [5.74, 6) is -0.596. The number of nitrogens with zero attached hydrogens (tertiary/aromatic N) is 3. The van der Waals surface area contributed by atoms with Crippen LogP contribution < -0.4 is 5.32 Å². The molecule has 0 unspecified atom stereocenters. The predicted octanol–water partition coefficient (Wildman–Crippen LogP) is 1.88. The first-order valence-electron chi connectivity index (χ1n) is 10.7. The number of rotatable bonds is 8. The topological polar surface area (TPSA) is 116 Å². The molecule has 0 saturated carbocycles. The standard InChI is InChI=1S/C24H28N4O4/c1-16(2)21-15-32-24(31)20(21)5-3-4-19(29)14-28-10-8-18(9-11-28)27-23(30)22-7-6-17(12-25)13-26-22/h3,5-7,13,18-19,29H,1,4,8-11,14-15H2,2H3,(H,27,30)/b5-3-/t19-/m1/s1. The predicted molar refractivity (Wildman–Crippen MR) is 118 cm³/mol. The number of amides is 1. The van der Waals surface area contributed by atoms with Gasteiger partial charge >= 0.3 is 5.97 Å². The van der Waals surface area contributed by atoms with Crippen molar-refractivity contribution in [3.63, 3.8) is 0 Å². The van der Waals surface area contributed by atoms with E-state index < -0.39 is 6.10 Å². The molecule has 8 heteroatoms. The monoisotopic (exact) mass is 436 g/mol. The Kier molecular flexibility index (Phi) is 7.92. The fourth-order valence-electron chi connectivity index (χ4n) is 3.77. The van der Waals surface area contributed by atoms with Crippen LogP contribution in [0.4, 0.5) is 0 Å². The number of nitriles is 1. The zero-order valence-corrected chi connectivity index (χ0v) is 18.2. The highest BCUT2D eigenvalue weighted by atomic mass is 16.5. The molecule has 1 saturated heterocycles. The van der Waals surface area contributed by atoms with E-state index in [9.17, 15) is 14.7 Å². The minimum Gasteiger partial charge on any atom is -0.457 e. The molecule has 3 heterocycles. The van der Waals surface area contributed by atoms with Crippen LogP contribution >= 0.6 is 0 Å². The second-order valence-electron chi connectivity index (χ2n) is 8.13. The summed E-state index contributed by atoms with van der Waals surface area (Å²) in [6.45, 7) is 8.02. The molecule has 2 aliphatic rings. The molecule has 8 nitrogen and oxygen atoms in total. The first-order valence-corrected chi connectivity index (χ1v) is 10.7. The number of ether oxygens (including phenoxy) is 1. The fourth-order valence-corrected chi connectivity index (χ4v) is 3.77. The van der Waals surface area contributed by atoms with E-state index in [0.717, 1.165) is 37.1 Å². The lowest BCUT2D eigenvalue weighted by molar-refractivity contribution is -0.135. The van der Waals surface area contributed by atoms with Crippen LogP contribution in [0.3, 0.4) is 0 Å². The number of β-amino-alcohol motifs (C(OH)–C–C–N with tert-alkyl or cyclic N) is 1. The van der Waals surface area contributed by atoms with Crippen LogP contribution in [0.1, 0.15) is 42.2 Å². The van der Waals surface area contributed by atoms with Crippen molar-refractivity contribution < 1.29 is 19.4 Å². The van der Waals surface area contributed by atoms with E-state index in [0.29, 0.717) is 29.8 Å². The smallest absolute Gasteiger partial charge is 0.338 e. The lowest BCUT2D eigenvalue weighted by Crippen LogP contribution is -2.46. The van der Waals surface area contributed by atoms with Gasteiger partial charge in [-0.1, -0.05) is 24.3 Å². The Bertz CT molecular complexity index is 967. The average Bonchev–Trinajstić information content (AvgIpc) is 3.16. The molecule has 2 aliphatic heterocycles. The number of carbonyl (C=O) groups is 2. The van der Waals surface area contributed by atoms with Crippen molar-refractivity contribution >= 4 is 11.9 Å². The molecule has 1 amide bonds. The van der Waals surface area contributed by atoms with Crippen LogP contribution in [0.15, 0.2) is 53.8 Å². The molecule has 3 rings (SSSR count). The molecule has 168 valence electrons. The number of aliphatic hydroxyl groups is 1. The third-order valence-electron chi connectivity index (χ3n) is 5.62. The fraction of sp³-hybridized carbons (Fsp3) is 0.417. The Morgan fingerprint density at radius 3 is 2.84 bits per heavy atom. The third-order valence-corrected chi connectivity index (χ3v) is 5.62. The van der Waals surface area contributed by atoms with Crippen LogP contribution in [-0.2, 0) is 9.53 Å². The second-order valence-corrected chi connectivity index (χ2v) is 8.13. The lowest BCUT2D eigenvalue weighted by atomic mass is 10.0. The van der Waals surface area contributed by atoms with Crippen LogP contribution in [0.5, 0.6) is 0 Å². The number of piperidine rings is 1. The maximum absolute atomic E-state index is 12.3. The first kappa shape index (κ1) is 23.4. The second kappa shape index (κ2) is 10.8. The van der Waals surface area contributed by atoms with Crippen LogP contribution in [0, 0.1) is 11.3 Å². The maximum Gasteiger partial charge on any atom is 0.338 e. The van der Waals surface area contributed by atoms with Gasteiger partial charge in [0.2, 0.25) is 0 Å². The molecule has 2 N–H and O–H groups in total. The molecule has 0 spiro atoms. The third kappa shape index (κ3) is 6.13. The molecule has 0 aliphatic carbocycles. The SMILES string of the molecule is C=C(C)C1=C(/C=C\C[C@@H](O)CN2CCC(NC(=O)c3ccc(C#N)cn3)CC2)C(=O)OC1. The summed E-state index contributed by atoms with van der Waals surface area (Å²) in [4.78, 5) is 30.3. The maximum atomic E-state index is 12.3. The summed E-state index contributed by atoms with van der Waals surface area (Å²) in [6, 6.07) is 5.15. The summed E-state index contributed by atoms with van der Waals surface area (Å²) in [6.07, 6.45) is 6.34. The average molecular weight is 437 g/mol. The van der Waals surface area contributed by atoms with E-state index in [1.165, 1.54) is 6.20 Å². The number of cyclic esters (lactones) is 1. The number of pyridine rings is 1. The van der Waals surface area contributed by atoms with Crippen molar-refractivity contribution in [2.24, 2.45) is 0 Å². The van der Waals surface area contributed by atoms with Gasteiger partial charge in [-0.25, -0.2) is 9.78 Å². The van der Waals surface area contributed by atoms with E-state index >= 15 is 0 Å². The van der Waals surface area contributed by atoms with Gasteiger partial charge in [-0.05, 0) is 38.3 Å². The van der Waals surface area contributed by atoms with Gasteiger partial charge in [-0.3, -0.25) is 4.79 Å². The van der Waals surface area contributed by atoms with E-state index in [1.54, 1.807) is 24.3 Å². The van der Waals surface area contributed by atoms with E-state index in [-0.39, 0.29) is 24.5 Å². The van der Waals surface area contributed by atoms with Crippen molar-refractivity contribution in [3.05, 3.63) is 65.0 Å². The number of nitrogens with one attached hydrogen (secondary N) is 1. The summed E-state index contributed by atoms with van der Waals surface area (Å²) >= 11 is 0. The highest BCUT2D eigenvalue weighted by molar-refractivity contribution is 5.95. The normalized spacial score (nSPS) is 18.5. The van der Waals surface area contributed by atoms with Gasteiger partial charge in [-0.2, -0.15) is 5.26 Å². The first-order chi connectivity index (χ1) is 15.4. The van der Waals surface area contributed by atoms with Crippen LogP contribution in [0.25, 0.3) is 0 Å². The Morgan fingerprint density at radius 2 is 2.22 bits per heavy atom. The zero-order chi connectivity index (χ0) is 23.1. The lowest BCUT2D eigenvalue weighted by Gasteiger charge is -2.33. The Hall–Kier alpha value is -3.28. The molecule has 0 bridgehead atoms. The summed E-state index contributed by atoms with van der Waals surface area (Å²) in [5.41, 5.74) is 2.84. The van der Waals surface area contributed by atoms with Crippen molar-refractivity contribution in [3.8, 4) is 6.07 Å². The van der Waals surface area contributed by atoms with Gasteiger partial charge in [0.25, 0.3) is 5.91 Å². The summed E-state index contributed by atoms with van der Waals surface area (Å²) in [7, 11) is 0. The number of esters is 1. The largest absolute Gasteiger partial charge is 0.457 e. The van der Waals surface area contributed by atoms with Gasteiger partial charge in [0.15, 0.2) is 0 Å². The molecule has 0 radical (unpaired) electrons. The number of carbonyl (C=O) groups excluding carboxylic acids is 2. The molecule has 32 heavy (non-hydrogen) atoms. The number of aliphatic hydroxyl groups excluding tert-OH is 1. The quantitative estimate of drug-likeness (QED) is 0.598. The Labute approximate surface area is 187 Å². The highest BCUT2D eigenvalue weighted by Gasteiger charge is 2.24. The van der Waals surface area contributed by atoms with Gasteiger partial charge in [0, 0.05) is 37.4 Å². The highest BCUT2D eigenvalue weighted by Crippen LogP contribution is 2.23. The summed E-state index contributed by atoms with van der Waals surface area (Å²) in [5, 5.41) is 22.2. The number of aromatic nitrogens is 1. The molecule has 1 atom stereocenters. The molecule has 1 aromatic heterocycles. The molecular formula is C24H28N4O4. The van der Waals surface area contributed by atoms with Gasteiger partial charge in [-0.15, -0.1) is 0 Å². The van der Waals surface area contributed by atoms with E-state index in [1.807, 2.05) is 13.0 Å². The Balaban J connectivity index is 1.41. The number of likely N-dealkylation sites (tertiary alicyclic amines) is 1. The van der Waals surface area contributed by atoms with Crippen molar-refractivity contribution in [2.45, 2.75) is 38.3 Å². The molecule has 1 aromatic rings. The van der Waals surface area contributed by atoms with Crippen molar-refractivity contribution in [1.29, 1.82) is 5.26 Å². The number of hydrogen-bond acceptors (Lipinski definition) is 7. The van der Waals surface area contributed by atoms with Crippen LogP contribution in [0.2, 0.25) is 0 Å². The summed E-state index contributed by atoms with van der Waals surface area (Å²) < 4.78 is 5.05. The van der Waals surface area contributed by atoms with Gasteiger partial charge < -0.3 is 20.1 Å². The van der Waals surface area contributed by atoms with Crippen molar-refractivity contribution in [2.75, 3.05) is 26.2 Å². The van der Waals surface area contributed by atoms with Gasteiger partial charge in [0.1, 0.15) is 18.4 Å².